The van der Waals surface area contributed by atoms with Crippen molar-refractivity contribution in [2.45, 2.75) is 116 Å². The van der Waals surface area contributed by atoms with Gasteiger partial charge in [-0.05, 0) is 279 Å². The molecule has 6 aliphatic rings. The van der Waals surface area contributed by atoms with Crippen LogP contribution in [0.4, 0.5) is 68.2 Å². The number of hydrogen-bond acceptors (Lipinski definition) is 4. The van der Waals surface area contributed by atoms with Crippen molar-refractivity contribution in [3.05, 3.63) is 394 Å². The normalized spacial score (nSPS) is 15.8. The maximum absolute atomic E-state index is 2.49. The summed E-state index contributed by atoms with van der Waals surface area (Å²) in [5, 5.41) is 0. The summed E-state index contributed by atoms with van der Waals surface area (Å²) in [6.45, 7) is 28.6. The first-order valence-electron chi connectivity index (χ1n) is 40.0. The molecule has 0 amide bonds. The highest BCUT2D eigenvalue weighted by molar-refractivity contribution is 5.95. The zero-order valence-electron chi connectivity index (χ0n) is 66.0. The second-order valence-electron chi connectivity index (χ2n) is 35.3. The fourth-order valence-corrected chi connectivity index (χ4v) is 21.0. The Balaban J connectivity index is 0.726. The van der Waals surface area contributed by atoms with Crippen LogP contribution in [-0.2, 0) is 32.5 Å². The summed E-state index contributed by atoms with van der Waals surface area (Å²) in [5.41, 5.74) is 43.9. The van der Waals surface area contributed by atoms with Crippen LogP contribution >= 0.6 is 0 Å². The molecule has 542 valence electrons. The molecule has 0 aliphatic heterocycles. The van der Waals surface area contributed by atoms with Gasteiger partial charge in [-0.1, -0.05) is 265 Å². The predicted octanol–water partition coefficient (Wildman–Crippen LogP) is 29.4. The van der Waals surface area contributed by atoms with Crippen LogP contribution in [0.15, 0.2) is 328 Å². The van der Waals surface area contributed by atoms with Crippen LogP contribution in [0.25, 0.3) is 66.8 Å². The van der Waals surface area contributed by atoms with Gasteiger partial charge in [0.15, 0.2) is 0 Å². The van der Waals surface area contributed by atoms with Crippen molar-refractivity contribution in [3.63, 3.8) is 0 Å². The summed E-state index contributed by atoms with van der Waals surface area (Å²) < 4.78 is 0. The largest absolute Gasteiger partial charge is 0.310 e. The molecule has 0 saturated heterocycles. The second-order valence-corrected chi connectivity index (χ2v) is 35.3. The number of fused-ring (bicyclic) bond motifs is 18. The van der Waals surface area contributed by atoms with E-state index in [9.17, 15) is 0 Å². The minimum absolute atomic E-state index is 0.191. The van der Waals surface area contributed by atoms with E-state index in [1.165, 1.54) is 134 Å². The van der Waals surface area contributed by atoms with Gasteiger partial charge in [-0.3, -0.25) is 0 Å². The van der Waals surface area contributed by atoms with E-state index in [2.05, 4.69) is 430 Å². The Kier molecular flexibility index (Phi) is 14.5. The molecule has 15 aromatic carbocycles. The molecule has 0 aromatic heterocycles. The van der Waals surface area contributed by atoms with E-state index in [1.807, 2.05) is 0 Å². The molecule has 6 aliphatic carbocycles. The molecule has 0 spiro atoms. The van der Waals surface area contributed by atoms with E-state index in [0.29, 0.717) is 0 Å². The summed E-state index contributed by atoms with van der Waals surface area (Å²) >= 11 is 0. The van der Waals surface area contributed by atoms with Crippen LogP contribution in [-0.4, -0.2) is 0 Å². The molecule has 112 heavy (non-hydrogen) atoms. The molecular formula is C108H90N4. The first kappa shape index (κ1) is 67.6. The lowest BCUT2D eigenvalue weighted by Crippen LogP contribution is -2.18. The number of anilines is 12. The molecule has 0 N–H and O–H groups in total. The van der Waals surface area contributed by atoms with Crippen molar-refractivity contribution in [3.8, 4) is 66.8 Å². The summed E-state index contributed by atoms with van der Waals surface area (Å²) in [6.07, 6.45) is 0. The van der Waals surface area contributed by atoms with Gasteiger partial charge in [0.25, 0.3) is 0 Å². The van der Waals surface area contributed by atoms with Gasteiger partial charge in [-0.15, -0.1) is 0 Å². The van der Waals surface area contributed by atoms with E-state index >= 15 is 0 Å². The van der Waals surface area contributed by atoms with E-state index < -0.39 is 0 Å². The molecule has 4 nitrogen and oxygen atoms in total. The Labute approximate surface area is 660 Å². The molecule has 0 bridgehead atoms. The van der Waals surface area contributed by atoms with Gasteiger partial charge in [-0.2, -0.15) is 0 Å². The lowest BCUT2D eigenvalue weighted by molar-refractivity contribution is 0.659. The third-order valence-electron chi connectivity index (χ3n) is 27.0. The molecular weight excluding hydrogens is 1350 g/mol. The highest BCUT2D eigenvalue weighted by Gasteiger charge is 2.43. The fourth-order valence-electron chi connectivity index (χ4n) is 21.0. The minimum atomic E-state index is -0.191. The van der Waals surface area contributed by atoms with Crippen LogP contribution < -0.4 is 19.6 Å². The van der Waals surface area contributed by atoms with E-state index in [4.69, 9.17) is 0 Å². The zero-order chi connectivity index (χ0) is 76.3. The Hall–Kier alpha value is -12.5. The predicted molar refractivity (Wildman–Crippen MR) is 471 cm³/mol. The minimum Gasteiger partial charge on any atom is -0.310 e. The van der Waals surface area contributed by atoms with Gasteiger partial charge in [-0.25, -0.2) is 0 Å². The standard InChI is InChI=1S/C108H90N4/c1-103(2)91-31-19-13-25-79(91)85-55-49-73(61-97(85)103)110(74-50-56-86-80-26-14-20-32-92(80)104(3,4)98(86)62-74)70-43-37-67(38-44-70)109(68-39-45-71(46-40-68)111(75-51-57-87-81-27-15-21-33-93(81)105(5,6)99(87)63-75)76-52-58-88-82-28-16-22-34-94(82)106(7,8)100(88)64-76)69-41-47-72(48-42-69)112(77-53-59-89-83-29-17-23-35-95(83)107(9,10)101(89)65-77)78-54-60-90-84-30-18-24-36-96(84)108(11,12)102(90)66-78/h13-66H,1-12H3. The SMILES string of the molecule is CC1(C)c2ccccc2-c2ccc(N(c3ccc(N(c4ccc(N(c5ccc6c(c5)C(C)(C)c5ccccc5-6)c5ccc6c(c5)C(C)(C)c5ccccc5-6)cc4)c4ccc(N(c5ccc6c(c5)C(C)(C)c5ccccc5-6)c5ccc6c(c5)C(C)(C)c5ccccc5-6)cc4)cc3)c3ccc4c(c3)C(C)(C)c3ccccc3-4)cc21. The van der Waals surface area contributed by atoms with E-state index in [-0.39, 0.29) is 32.5 Å². The maximum Gasteiger partial charge on any atom is 0.0465 e. The second kappa shape index (κ2) is 24.0. The first-order valence-corrected chi connectivity index (χ1v) is 40.0. The Bertz CT molecular complexity index is 5510. The smallest absolute Gasteiger partial charge is 0.0465 e. The van der Waals surface area contributed by atoms with Crippen LogP contribution in [0.1, 0.15) is 150 Å². The van der Waals surface area contributed by atoms with Gasteiger partial charge >= 0.3 is 0 Å². The van der Waals surface area contributed by atoms with Crippen LogP contribution in [0, 0.1) is 0 Å². The van der Waals surface area contributed by atoms with Gasteiger partial charge in [0.1, 0.15) is 0 Å². The summed E-state index contributed by atoms with van der Waals surface area (Å²) in [5.74, 6) is 0. The Morgan fingerprint density at radius 1 is 0.125 bits per heavy atom. The molecule has 0 atom stereocenters. The van der Waals surface area contributed by atoms with Crippen LogP contribution in [0.5, 0.6) is 0 Å². The summed E-state index contributed by atoms with van der Waals surface area (Å²) in [6, 6.07) is 125. The van der Waals surface area contributed by atoms with Crippen molar-refractivity contribution < 1.29 is 0 Å². The maximum atomic E-state index is 2.49. The van der Waals surface area contributed by atoms with Crippen LogP contribution in [0.2, 0.25) is 0 Å². The molecule has 0 radical (unpaired) electrons. The van der Waals surface area contributed by atoms with Gasteiger partial charge in [0, 0.05) is 101 Å². The van der Waals surface area contributed by atoms with Crippen molar-refractivity contribution in [1.82, 2.24) is 0 Å². The van der Waals surface area contributed by atoms with Crippen molar-refractivity contribution in [1.29, 1.82) is 0 Å². The number of benzene rings is 15. The number of rotatable bonds is 12. The molecule has 0 saturated carbocycles. The zero-order valence-corrected chi connectivity index (χ0v) is 66.0. The van der Waals surface area contributed by atoms with Gasteiger partial charge < -0.3 is 19.6 Å². The fraction of sp³-hybridized carbons (Fsp3) is 0.167. The van der Waals surface area contributed by atoms with Crippen molar-refractivity contribution in [2.75, 3.05) is 19.6 Å². The average Bonchev–Trinajstić information content (AvgIpc) is 0.884. The number of hydrogen-bond donors (Lipinski definition) is 0. The Morgan fingerprint density at radius 3 is 0.393 bits per heavy atom. The molecule has 21 rings (SSSR count). The lowest BCUT2D eigenvalue weighted by atomic mass is 9.82. The highest BCUT2D eigenvalue weighted by Crippen LogP contribution is 2.59. The summed E-state index contributed by atoms with van der Waals surface area (Å²) in [4.78, 5) is 9.94. The molecule has 0 unspecified atom stereocenters. The van der Waals surface area contributed by atoms with Crippen LogP contribution in [0.3, 0.4) is 0 Å². The molecule has 0 heterocycles. The first-order chi connectivity index (χ1) is 54.1. The van der Waals surface area contributed by atoms with Crippen molar-refractivity contribution in [2.24, 2.45) is 0 Å². The van der Waals surface area contributed by atoms with Gasteiger partial charge in [0.05, 0.1) is 0 Å². The third kappa shape index (κ3) is 9.73. The number of nitrogens with zero attached hydrogens (tertiary/aromatic N) is 4. The lowest BCUT2D eigenvalue weighted by Gasteiger charge is -2.32. The monoisotopic (exact) mass is 1440 g/mol. The Morgan fingerprint density at radius 2 is 0.241 bits per heavy atom. The molecule has 15 aromatic rings. The third-order valence-corrected chi connectivity index (χ3v) is 27.0. The van der Waals surface area contributed by atoms with Gasteiger partial charge in [0.2, 0.25) is 0 Å². The molecule has 4 heteroatoms. The molecule has 0 fully saturated rings. The van der Waals surface area contributed by atoms with E-state index in [1.54, 1.807) is 0 Å². The highest BCUT2D eigenvalue weighted by atomic mass is 15.2. The average molecular weight is 1440 g/mol. The quantitative estimate of drug-likeness (QED) is 0.121. The van der Waals surface area contributed by atoms with Crippen molar-refractivity contribution >= 4 is 68.2 Å². The topological polar surface area (TPSA) is 13.0 Å². The van der Waals surface area contributed by atoms with E-state index in [0.717, 1.165) is 68.2 Å². The summed E-state index contributed by atoms with van der Waals surface area (Å²) in [7, 11) is 0.